The van der Waals surface area contributed by atoms with Gasteiger partial charge in [0, 0.05) is 6.07 Å². The lowest BCUT2D eigenvalue weighted by Gasteiger charge is -2.10. The van der Waals surface area contributed by atoms with Gasteiger partial charge in [-0.25, -0.2) is 4.79 Å². The molecular formula is C26H22O6. The normalized spacial score (nSPS) is 13.5. The molecule has 0 spiro atoms. The third-order valence-corrected chi connectivity index (χ3v) is 4.97. The molecule has 0 bridgehead atoms. The summed E-state index contributed by atoms with van der Waals surface area (Å²) in [5.74, 6) is 1.25. The van der Waals surface area contributed by atoms with Crippen LogP contribution in [0, 0.1) is 6.92 Å². The van der Waals surface area contributed by atoms with Crippen LogP contribution in [0.4, 0.5) is 0 Å². The molecule has 1 aliphatic rings. The maximum absolute atomic E-state index is 12.9. The van der Waals surface area contributed by atoms with Crippen molar-refractivity contribution < 1.29 is 28.5 Å². The highest BCUT2D eigenvalue weighted by Crippen LogP contribution is 2.38. The van der Waals surface area contributed by atoms with E-state index in [1.807, 2.05) is 31.2 Å². The van der Waals surface area contributed by atoms with E-state index >= 15 is 0 Å². The molecule has 3 aromatic carbocycles. The van der Waals surface area contributed by atoms with Crippen LogP contribution in [0.2, 0.25) is 0 Å². The first-order chi connectivity index (χ1) is 15.5. The second-order valence-electron chi connectivity index (χ2n) is 7.14. The molecule has 1 aliphatic heterocycles. The molecule has 0 saturated heterocycles. The molecular weight excluding hydrogens is 408 g/mol. The quantitative estimate of drug-likeness (QED) is 0.303. The molecule has 0 radical (unpaired) electrons. The van der Waals surface area contributed by atoms with E-state index in [9.17, 15) is 9.59 Å². The molecule has 0 N–H and O–H groups in total. The third-order valence-electron chi connectivity index (χ3n) is 4.97. The highest BCUT2D eigenvalue weighted by molar-refractivity contribution is 6.15. The van der Waals surface area contributed by atoms with Crippen molar-refractivity contribution in [1.82, 2.24) is 0 Å². The fraction of sp³-hybridized carbons (Fsp3) is 0.154. The van der Waals surface area contributed by atoms with Crippen LogP contribution in [-0.4, -0.2) is 25.5 Å². The van der Waals surface area contributed by atoms with Crippen LogP contribution in [0.3, 0.4) is 0 Å². The molecule has 0 aliphatic carbocycles. The van der Waals surface area contributed by atoms with Gasteiger partial charge in [0.15, 0.2) is 5.76 Å². The van der Waals surface area contributed by atoms with Crippen LogP contribution >= 0.6 is 0 Å². The molecule has 6 nitrogen and oxygen atoms in total. The second-order valence-corrected chi connectivity index (χ2v) is 7.14. The van der Waals surface area contributed by atoms with Crippen molar-refractivity contribution in [2.45, 2.75) is 13.8 Å². The van der Waals surface area contributed by atoms with Gasteiger partial charge in [0.05, 0.1) is 19.3 Å². The fourth-order valence-corrected chi connectivity index (χ4v) is 3.49. The van der Waals surface area contributed by atoms with Gasteiger partial charge in [-0.15, -0.1) is 0 Å². The topological polar surface area (TPSA) is 71.1 Å². The van der Waals surface area contributed by atoms with Crippen molar-refractivity contribution >= 4 is 17.8 Å². The van der Waals surface area contributed by atoms with E-state index in [-0.39, 0.29) is 17.3 Å². The SMILES string of the molecule is CCOc1ccc(/C=C2\Oc3cc(OC(=O)c4ccccc4OC)cc(C)c3C2=O)cc1. The van der Waals surface area contributed by atoms with Gasteiger partial charge < -0.3 is 18.9 Å². The number of ketones is 1. The first-order valence-corrected chi connectivity index (χ1v) is 10.2. The van der Waals surface area contributed by atoms with E-state index in [2.05, 4.69) is 0 Å². The summed E-state index contributed by atoms with van der Waals surface area (Å²) in [5, 5.41) is 0. The number of methoxy groups -OCH3 is 1. The number of allylic oxidation sites excluding steroid dienone is 1. The molecule has 0 unspecified atom stereocenters. The first-order valence-electron chi connectivity index (χ1n) is 10.2. The lowest BCUT2D eigenvalue weighted by atomic mass is 10.0. The predicted molar refractivity (Wildman–Crippen MR) is 120 cm³/mol. The standard InChI is InChI=1S/C26H22O6/c1-4-30-18-11-9-17(10-12-18)14-23-25(27)24-16(2)13-19(15-22(24)32-23)31-26(28)20-7-5-6-8-21(20)29-3/h5-15H,4H2,1-3H3/b23-14-. The van der Waals surface area contributed by atoms with Crippen molar-refractivity contribution in [3.8, 4) is 23.0 Å². The molecule has 6 heteroatoms. The first kappa shape index (κ1) is 21.2. The highest BCUT2D eigenvalue weighted by atomic mass is 16.5. The summed E-state index contributed by atoms with van der Waals surface area (Å²) in [4.78, 5) is 25.5. The molecule has 0 fully saturated rings. The lowest BCUT2D eigenvalue weighted by molar-refractivity contribution is 0.0731. The summed E-state index contributed by atoms with van der Waals surface area (Å²) in [6, 6.07) is 17.4. The second kappa shape index (κ2) is 8.98. The summed E-state index contributed by atoms with van der Waals surface area (Å²) < 4.78 is 22.0. The lowest BCUT2D eigenvalue weighted by Crippen LogP contribution is -2.10. The Balaban J connectivity index is 1.57. The van der Waals surface area contributed by atoms with Gasteiger partial charge in [0.2, 0.25) is 5.78 Å². The Hall–Kier alpha value is -4.06. The summed E-state index contributed by atoms with van der Waals surface area (Å²) in [6.45, 7) is 4.28. The third kappa shape index (κ3) is 4.21. The predicted octanol–water partition coefficient (Wildman–Crippen LogP) is 5.24. The molecule has 0 aromatic heterocycles. The van der Waals surface area contributed by atoms with E-state index in [0.29, 0.717) is 34.8 Å². The fourth-order valence-electron chi connectivity index (χ4n) is 3.49. The molecule has 32 heavy (non-hydrogen) atoms. The van der Waals surface area contributed by atoms with Gasteiger partial charge in [-0.2, -0.15) is 0 Å². The van der Waals surface area contributed by atoms with E-state index < -0.39 is 5.97 Å². The number of esters is 1. The average Bonchev–Trinajstić information content (AvgIpc) is 3.10. The molecule has 3 aromatic rings. The number of benzene rings is 3. The maximum Gasteiger partial charge on any atom is 0.347 e. The van der Waals surface area contributed by atoms with Crippen LogP contribution in [0.25, 0.3) is 6.08 Å². The number of para-hydroxylation sites is 1. The number of hydrogen-bond acceptors (Lipinski definition) is 6. The minimum absolute atomic E-state index is 0.209. The summed E-state index contributed by atoms with van der Waals surface area (Å²) in [7, 11) is 1.49. The van der Waals surface area contributed by atoms with Gasteiger partial charge >= 0.3 is 5.97 Å². The van der Waals surface area contributed by atoms with E-state index in [1.54, 1.807) is 49.4 Å². The molecule has 0 amide bonds. The number of carbonyl (C=O) groups excluding carboxylic acids is 2. The minimum atomic E-state index is -0.559. The minimum Gasteiger partial charge on any atom is -0.496 e. The summed E-state index contributed by atoms with van der Waals surface area (Å²) >= 11 is 0. The zero-order valence-electron chi connectivity index (χ0n) is 18.0. The Morgan fingerprint density at radius 2 is 1.78 bits per heavy atom. The van der Waals surface area contributed by atoms with Gasteiger partial charge in [0.1, 0.15) is 28.6 Å². The molecule has 1 heterocycles. The summed E-state index contributed by atoms with van der Waals surface area (Å²) in [6.07, 6.45) is 1.68. The molecule has 162 valence electrons. The Kier molecular flexibility index (Phi) is 5.94. The van der Waals surface area contributed by atoms with Crippen LogP contribution in [0.5, 0.6) is 23.0 Å². The van der Waals surface area contributed by atoms with Crippen molar-refractivity contribution in [1.29, 1.82) is 0 Å². The van der Waals surface area contributed by atoms with Crippen LogP contribution in [-0.2, 0) is 0 Å². The van der Waals surface area contributed by atoms with E-state index in [1.165, 1.54) is 7.11 Å². The average molecular weight is 430 g/mol. The number of fused-ring (bicyclic) bond motifs is 1. The number of carbonyl (C=O) groups is 2. The zero-order valence-corrected chi connectivity index (χ0v) is 18.0. The zero-order chi connectivity index (χ0) is 22.7. The van der Waals surface area contributed by atoms with Crippen LogP contribution in [0.1, 0.15) is 38.8 Å². The van der Waals surface area contributed by atoms with Crippen molar-refractivity contribution in [3.63, 3.8) is 0 Å². The maximum atomic E-state index is 12.9. The summed E-state index contributed by atoms with van der Waals surface area (Å²) in [5.41, 5.74) is 2.23. The van der Waals surface area contributed by atoms with E-state index in [0.717, 1.165) is 11.3 Å². The Labute approximate surface area is 186 Å². The monoisotopic (exact) mass is 430 g/mol. The highest BCUT2D eigenvalue weighted by Gasteiger charge is 2.30. The van der Waals surface area contributed by atoms with Crippen molar-refractivity contribution in [2.24, 2.45) is 0 Å². The van der Waals surface area contributed by atoms with Crippen molar-refractivity contribution in [3.05, 3.63) is 88.7 Å². The van der Waals surface area contributed by atoms with Gasteiger partial charge in [-0.05, 0) is 61.4 Å². The Morgan fingerprint density at radius 1 is 1.03 bits per heavy atom. The Morgan fingerprint density at radius 3 is 2.50 bits per heavy atom. The Bertz CT molecular complexity index is 1210. The van der Waals surface area contributed by atoms with Crippen LogP contribution < -0.4 is 18.9 Å². The molecule has 4 rings (SSSR count). The van der Waals surface area contributed by atoms with Crippen molar-refractivity contribution in [2.75, 3.05) is 13.7 Å². The number of Topliss-reactive ketones (excluding diaryl/α,β-unsaturated/α-hetero) is 1. The van der Waals surface area contributed by atoms with E-state index in [4.69, 9.17) is 18.9 Å². The van der Waals surface area contributed by atoms with Gasteiger partial charge in [0.25, 0.3) is 0 Å². The van der Waals surface area contributed by atoms with Gasteiger partial charge in [-0.3, -0.25) is 4.79 Å². The molecule has 0 saturated carbocycles. The number of rotatable bonds is 6. The number of aryl methyl sites for hydroxylation is 1. The van der Waals surface area contributed by atoms with Crippen LogP contribution in [0.15, 0.2) is 66.4 Å². The van der Waals surface area contributed by atoms with Gasteiger partial charge in [-0.1, -0.05) is 24.3 Å². The number of ether oxygens (including phenoxy) is 4. The largest absolute Gasteiger partial charge is 0.496 e. The number of hydrogen-bond donors (Lipinski definition) is 0. The smallest absolute Gasteiger partial charge is 0.347 e. The molecule has 0 atom stereocenters.